The van der Waals surface area contributed by atoms with E-state index in [9.17, 15) is 14.0 Å². The first-order chi connectivity index (χ1) is 13.0. The third kappa shape index (κ3) is 5.30. The summed E-state index contributed by atoms with van der Waals surface area (Å²) in [6, 6.07) is 6.67. The van der Waals surface area contributed by atoms with Gasteiger partial charge in [0.05, 0.1) is 0 Å². The van der Waals surface area contributed by atoms with Crippen LogP contribution in [0, 0.1) is 23.6 Å². The van der Waals surface area contributed by atoms with Gasteiger partial charge in [0.2, 0.25) is 11.8 Å². The fourth-order valence-corrected chi connectivity index (χ4v) is 4.42. The molecular formula is C22H31FN2O2. The average molecular weight is 375 g/mol. The number of hydrogen-bond acceptors (Lipinski definition) is 2. The molecule has 0 spiro atoms. The normalized spacial score (nSPS) is 25.9. The monoisotopic (exact) mass is 374 g/mol. The Balaban J connectivity index is 1.40. The zero-order valence-electron chi connectivity index (χ0n) is 16.3. The summed E-state index contributed by atoms with van der Waals surface area (Å²) in [5, 5.41) is 2.94. The smallest absolute Gasteiger partial charge is 0.225 e. The van der Waals surface area contributed by atoms with Crippen LogP contribution in [-0.2, 0) is 16.0 Å². The van der Waals surface area contributed by atoms with Gasteiger partial charge in [0.25, 0.3) is 0 Å². The van der Waals surface area contributed by atoms with E-state index >= 15 is 0 Å². The summed E-state index contributed by atoms with van der Waals surface area (Å²) >= 11 is 0. The summed E-state index contributed by atoms with van der Waals surface area (Å²) < 4.78 is 13.6. The molecule has 2 fully saturated rings. The van der Waals surface area contributed by atoms with Crippen LogP contribution in [-0.4, -0.2) is 36.3 Å². The Bertz CT molecular complexity index is 655. The quantitative estimate of drug-likeness (QED) is 0.857. The van der Waals surface area contributed by atoms with E-state index in [0.29, 0.717) is 30.4 Å². The van der Waals surface area contributed by atoms with Crippen molar-refractivity contribution in [1.29, 1.82) is 0 Å². The predicted octanol–water partition coefficient (Wildman–Crippen LogP) is 3.55. The molecule has 1 aliphatic heterocycles. The van der Waals surface area contributed by atoms with Crippen LogP contribution in [0.25, 0.3) is 0 Å². The lowest BCUT2D eigenvalue weighted by atomic mass is 9.80. The second kappa shape index (κ2) is 9.34. The molecule has 1 aromatic rings. The molecule has 1 unspecified atom stereocenters. The minimum absolute atomic E-state index is 0.0186. The molecule has 2 amide bonds. The fraction of sp³-hybridized carbons (Fsp3) is 0.636. The highest BCUT2D eigenvalue weighted by Gasteiger charge is 2.33. The number of rotatable bonds is 5. The van der Waals surface area contributed by atoms with Gasteiger partial charge in [-0.05, 0) is 62.5 Å². The second-order valence-electron chi connectivity index (χ2n) is 8.21. The molecule has 3 rings (SSSR count). The SMILES string of the molecule is CC1CCCN(C(=O)C2CCC(C(=O)NCCc3ccccc3F)CC2)C1. The molecule has 0 radical (unpaired) electrons. The van der Waals surface area contributed by atoms with E-state index < -0.39 is 0 Å². The topological polar surface area (TPSA) is 49.4 Å². The van der Waals surface area contributed by atoms with Crippen LogP contribution in [0.4, 0.5) is 4.39 Å². The van der Waals surface area contributed by atoms with Gasteiger partial charge < -0.3 is 10.2 Å². The molecule has 5 heteroatoms. The Morgan fingerprint density at radius 2 is 1.81 bits per heavy atom. The van der Waals surface area contributed by atoms with Gasteiger partial charge in [-0.2, -0.15) is 0 Å². The van der Waals surface area contributed by atoms with Crippen LogP contribution in [0.1, 0.15) is 51.0 Å². The molecule has 2 aliphatic rings. The van der Waals surface area contributed by atoms with Crippen LogP contribution in [0.5, 0.6) is 0 Å². The molecule has 148 valence electrons. The maximum absolute atomic E-state index is 13.6. The number of carbonyl (C=O) groups excluding carboxylic acids is 2. The van der Waals surface area contributed by atoms with Gasteiger partial charge in [-0.3, -0.25) is 9.59 Å². The van der Waals surface area contributed by atoms with Crippen LogP contribution in [0.3, 0.4) is 0 Å². The van der Waals surface area contributed by atoms with E-state index in [-0.39, 0.29) is 23.6 Å². The van der Waals surface area contributed by atoms with Crippen LogP contribution in [0.2, 0.25) is 0 Å². The van der Waals surface area contributed by atoms with Gasteiger partial charge in [0, 0.05) is 31.5 Å². The van der Waals surface area contributed by atoms with Gasteiger partial charge >= 0.3 is 0 Å². The highest BCUT2D eigenvalue weighted by Crippen LogP contribution is 2.31. The molecule has 1 heterocycles. The van der Waals surface area contributed by atoms with Gasteiger partial charge in [-0.25, -0.2) is 4.39 Å². The number of halogens is 1. The third-order valence-electron chi connectivity index (χ3n) is 6.07. The number of likely N-dealkylation sites (tertiary alicyclic amines) is 1. The third-order valence-corrected chi connectivity index (χ3v) is 6.07. The van der Waals surface area contributed by atoms with E-state index in [2.05, 4.69) is 12.2 Å². The van der Waals surface area contributed by atoms with E-state index in [1.54, 1.807) is 12.1 Å². The molecular weight excluding hydrogens is 343 g/mol. The minimum atomic E-state index is -0.224. The highest BCUT2D eigenvalue weighted by molar-refractivity contribution is 5.81. The number of amides is 2. The first kappa shape index (κ1) is 19.8. The Kier molecular flexibility index (Phi) is 6.86. The number of nitrogens with zero attached hydrogens (tertiary/aromatic N) is 1. The van der Waals surface area contributed by atoms with Crippen molar-refractivity contribution in [2.75, 3.05) is 19.6 Å². The van der Waals surface area contributed by atoms with E-state index in [0.717, 1.165) is 45.2 Å². The summed E-state index contributed by atoms with van der Waals surface area (Å²) in [5.74, 6) is 0.772. The lowest BCUT2D eigenvalue weighted by molar-refractivity contribution is -0.140. The van der Waals surface area contributed by atoms with Crippen molar-refractivity contribution in [1.82, 2.24) is 10.2 Å². The van der Waals surface area contributed by atoms with Crippen molar-refractivity contribution >= 4 is 11.8 Å². The molecule has 1 atom stereocenters. The van der Waals surface area contributed by atoms with Crippen LogP contribution < -0.4 is 5.32 Å². The van der Waals surface area contributed by atoms with Gasteiger partial charge in [-0.1, -0.05) is 25.1 Å². The Hall–Kier alpha value is -1.91. The first-order valence-corrected chi connectivity index (χ1v) is 10.3. The van der Waals surface area contributed by atoms with Gasteiger partial charge in [0.1, 0.15) is 5.82 Å². The van der Waals surface area contributed by atoms with Crippen molar-refractivity contribution in [3.8, 4) is 0 Å². The van der Waals surface area contributed by atoms with Gasteiger partial charge in [-0.15, -0.1) is 0 Å². The van der Waals surface area contributed by atoms with Crippen molar-refractivity contribution < 1.29 is 14.0 Å². The number of nitrogens with one attached hydrogen (secondary N) is 1. The maximum Gasteiger partial charge on any atom is 0.225 e. The first-order valence-electron chi connectivity index (χ1n) is 10.3. The van der Waals surface area contributed by atoms with Crippen LogP contribution >= 0.6 is 0 Å². The van der Waals surface area contributed by atoms with Crippen molar-refractivity contribution in [2.45, 2.75) is 51.9 Å². The summed E-state index contributed by atoms with van der Waals surface area (Å²) in [6.45, 7) is 4.43. The van der Waals surface area contributed by atoms with E-state index in [1.165, 1.54) is 12.5 Å². The molecule has 4 nitrogen and oxygen atoms in total. The molecule has 1 saturated heterocycles. The molecule has 0 bridgehead atoms. The maximum atomic E-state index is 13.6. The molecule has 1 N–H and O–H groups in total. The van der Waals surface area contributed by atoms with Crippen molar-refractivity contribution in [2.24, 2.45) is 17.8 Å². The molecule has 1 aliphatic carbocycles. The van der Waals surface area contributed by atoms with Gasteiger partial charge in [0.15, 0.2) is 0 Å². The highest BCUT2D eigenvalue weighted by atomic mass is 19.1. The number of hydrogen-bond donors (Lipinski definition) is 1. The Labute approximate surface area is 161 Å². The zero-order valence-corrected chi connectivity index (χ0v) is 16.3. The molecule has 27 heavy (non-hydrogen) atoms. The number of benzene rings is 1. The number of carbonyl (C=O) groups is 2. The van der Waals surface area contributed by atoms with Crippen molar-refractivity contribution in [3.63, 3.8) is 0 Å². The minimum Gasteiger partial charge on any atom is -0.356 e. The number of piperidine rings is 1. The van der Waals surface area contributed by atoms with Crippen LogP contribution in [0.15, 0.2) is 24.3 Å². The van der Waals surface area contributed by atoms with E-state index in [1.807, 2.05) is 11.0 Å². The summed E-state index contributed by atoms with van der Waals surface area (Å²) in [4.78, 5) is 27.2. The molecule has 1 aromatic carbocycles. The lowest BCUT2D eigenvalue weighted by Gasteiger charge is -2.35. The lowest BCUT2D eigenvalue weighted by Crippen LogP contribution is -2.44. The molecule has 1 saturated carbocycles. The fourth-order valence-electron chi connectivity index (χ4n) is 4.42. The largest absolute Gasteiger partial charge is 0.356 e. The van der Waals surface area contributed by atoms with Crippen molar-refractivity contribution in [3.05, 3.63) is 35.6 Å². The summed E-state index contributed by atoms with van der Waals surface area (Å²) in [7, 11) is 0. The summed E-state index contributed by atoms with van der Waals surface area (Å²) in [6.07, 6.45) is 5.95. The Morgan fingerprint density at radius 3 is 2.52 bits per heavy atom. The standard InChI is InChI=1S/C22H31FN2O2/c1-16-5-4-14-25(15-16)22(27)19-10-8-18(9-11-19)21(26)24-13-12-17-6-2-3-7-20(17)23/h2-3,6-7,16,18-19H,4-5,8-15H2,1H3,(H,24,26). The zero-order chi connectivity index (χ0) is 19.2. The predicted molar refractivity (Wildman–Crippen MR) is 104 cm³/mol. The molecule has 0 aromatic heterocycles. The average Bonchev–Trinajstić information content (AvgIpc) is 2.69. The Morgan fingerprint density at radius 1 is 1.11 bits per heavy atom. The second-order valence-corrected chi connectivity index (χ2v) is 8.21. The summed E-state index contributed by atoms with van der Waals surface area (Å²) in [5.41, 5.74) is 0.628. The van der Waals surface area contributed by atoms with E-state index in [4.69, 9.17) is 0 Å².